The van der Waals surface area contributed by atoms with E-state index < -0.39 is 0 Å². The lowest BCUT2D eigenvalue weighted by atomic mass is 9.96. The van der Waals surface area contributed by atoms with Crippen LogP contribution in [0.15, 0.2) is 66.9 Å². The van der Waals surface area contributed by atoms with Crippen molar-refractivity contribution in [2.45, 2.75) is 39.5 Å². The fourth-order valence-electron chi connectivity index (χ4n) is 5.28. The fourth-order valence-corrected chi connectivity index (χ4v) is 5.41. The fraction of sp³-hybridized carbons (Fsp3) is 0.344. The van der Waals surface area contributed by atoms with Crippen LogP contribution >= 0.6 is 11.6 Å². The summed E-state index contributed by atoms with van der Waals surface area (Å²) < 4.78 is 13.0. The van der Waals surface area contributed by atoms with Crippen LogP contribution < -0.4 is 4.74 Å². The highest BCUT2D eigenvalue weighted by atomic mass is 35.5. The van der Waals surface area contributed by atoms with Crippen molar-refractivity contribution in [3.05, 3.63) is 77.6 Å². The Morgan fingerprint density at radius 2 is 1.70 bits per heavy atom. The third-order valence-corrected chi connectivity index (χ3v) is 7.61. The zero-order valence-corrected chi connectivity index (χ0v) is 23.7. The molecule has 1 amide bonds. The van der Waals surface area contributed by atoms with Gasteiger partial charge in [0.25, 0.3) is 0 Å². The van der Waals surface area contributed by atoms with Gasteiger partial charge in [-0.3, -0.25) is 9.59 Å². The Kier molecular flexibility index (Phi) is 8.70. The summed E-state index contributed by atoms with van der Waals surface area (Å²) in [6.07, 6.45) is 4.24. The third-order valence-electron chi connectivity index (χ3n) is 7.36. The number of amides is 1. The average molecular weight is 560 g/mol. The van der Waals surface area contributed by atoms with Crippen molar-refractivity contribution in [2.75, 3.05) is 26.3 Å². The molecular weight excluding hydrogens is 526 g/mol. The first-order valence-electron chi connectivity index (χ1n) is 13.9. The number of esters is 1. The van der Waals surface area contributed by atoms with E-state index in [0.29, 0.717) is 57.0 Å². The number of carbonyl (C=O) groups excluding carboxylic acids is 2. The number of aromatic nitrogens is 2. The van der Waals surface area contributed by atoms with E-state index in [1.165, 1.54) is 0 Å². The van der Waals surface area contributed by atoms with Crippen molar-refractivity contribution >= 4 is 29.1 Å². The lowest BCUT2D eigenvalue weighted by Gasteiger charge is -2.31. The van der Waals surface area contributed by atoms with Crippen molar-refractivity contribution in [2.24, 2.45) is 5.92 Å². The molecule has 0 atom stereocenters. The van der Waals surface area contributed by atoms with Gasteiger partial charge < -0.3 is 18.8 Å². The largest absolute Gasteiger partial charge is 0.494 e. The minimum absolute atomic E-state index is 0.0832. The van der Waals surface area contributed by atoms with Crippen LogP contribution in [-0.2, 0) is 20.7 Å². The molecule has 3 heterocycles. The van der Waals surface area contributed by atoms with Gasteiger partial charge in [0.15, 0.2) is 0 Å². The number of aryl methyl sites for hydroxylation is 1. The van der Waals surface area contributed by atoms with Crippen molar-refractivity contribution in [3.8, 4) is 28.1 Å². The maximum atomic E-state index is 13.3. The number of pyridine rings is 1. The van der Waals surface area contributed by atoms with E-state index in [1.807, 2.05) is 67.3 Å². The van der Waals surface area contributed by atoms with Gasteiger partial charge in [0.1, 0.15) is 11.4 Å². The van der Waals surface area contributed by atoms with Crippen molar-refractivity contribution in [1.29, 1.82) is 0 Å². The van der Waals surface area contributed by atoms with Gasteiger partial charge in [-0.1, -0.05) is 35.9 Å². The number of benzene rings is 2. The second-order valence-electron chi connectivity index (χ2n) is 9.93. The van der Waals surface area contributed by atoms with Crippen molar-refractivity contribution in [3.63, 3.8) is 0 Å². The molecule has 2 aromatic heterocycles. The van der Waals surface area contributed by atoms with E-state index >= 15 is 0 Å². The number of imidazole rings is 1. The number of hydrogen-bond acceptors (Lipinski definition) is 5. The summed E-state index contributed by atoms with van der Waals surface area (Å²) in [4.78, 5) is 32.2. The van der Waals surface area contributed by atoms with Crippen LogP contribution in [-0.4, -0.2) is 52.5 Å². The molecule has 0 bridgehead atoms. The number of fused-ring (bicyclic) bond motifs is 1. The number of hydrogen-bond donors (Lipinski definition) is 0. The predicted octanol–water partition coefficient (Wildman–Crippen LogP) is 6.45. The number of halogens is 1. The normalized spacial score (nSPS) is 13.9. The first-order valence-corrected chi connectivity index (χ1v) is 14.3. The maximum absolute atomic E-state index is 13.3. The third kappa shape index (κ3) is 6.15. The Hall–Kier alpha value is -3.84. The lowest BCUT2D eigenvalue weighted by molar-refractivity contribution is -0.151. The molecule has 0 radical (unpaired) electrons. The molecule has 0 unspecified atom stereocenters. The summed E-state index contributed by atoms with van der Waals surface area (Å²) in [7, 11) is 0. The van der Waals surface area contributed by atoms with E-state index in [2.05, 4.69) is 22.7 Å². The van der Waals surface area contributed by atoms with Gasteiger partial charge >= 0.3 is 5.97 Å². The SMILES string of the molecule is CCOC(=O)C1CCN(C(=O)CCc2c(-c3ccc(Cl)cc3)nc3ccc(-c4cccc(OCC)c4)cn23)CC1. The van der Waals surface area contributed by atoms with Crippen LogP contribution in [0, 0.1) is 5.92 Å². The quantitative estimate of drug-likeness (QED) is 0.220. The molecule has 1 aliphatic rings. The minimum atomic E-state index is -0.157. The molecule has 5 rings (SSSR count). The van der Waals surface area contributed by atoms with Gasteiger partial charge in [-0.15, -0.1) is 0 Å². The molecule has 2 aromatic carbocycles. The number of ether oxygens (including phenoxy) is 2. The Labute approximate surface area is 239 Å². The molecule has 0 N–H and O–H groups in total. The van der Waals surface area contributed by atoms with Gasteiger partial charge in [0, 0.05) is 36.3 Å². The summed E-state index contributed by atoms with van der Waals surface area (Å²) in [5, 5.41) is 0.659. The van der Waals surface area contributed by atoms with E-state index in [-0.39, 0.29) is 17.8 Å². The number of carbonyl (C=O) groups is 2. The van der Waals surface area contributed by atoms with Crippen LogP contribution in [0.5, 0.6) is 5.75 Å². The Balaban J connectivity index is 1.41. The lowest BCUT2D eigenvalue weighted by Crippen LogP contribution is -2.40. The Morgan fingerprint density at radius 1 is 0.950 bits per heavy atom. The number of piperidine rings is 1. The zero-order valence-electron chi connectivity index (χ0n) is 22.9. The standard InChI is InChI=1S/C32H34ClN3O4/c1-3-39-27-7-5-6-24(20-27)25-10-14-29-34-31(22-8-11-26(33)12-9-22)28(36(29)21-25)13-15-30(37)35-18-16-23(17-19-35)32(38)40-4-2/h5-12,14,20-21,23H,3-4,13,15-19H2,1-2H3. The Morgan fingerprint density at radius 3 is 2.42 bits per heavy atom. The predicted molar refractivity (Wildman–Crippen MR) is 157 cm³/mol. The summed E-state index contributed by atoms with van der Waals surface area (Å²) in [5.74, 6) is 0.625. The second kappa shape index (κ2) is 12.6. The molecule has 1 fully saturated rings. The molecular formula is C32H34ClN3O4. The molecule has 0 saturated carbocycles. The monoisotopic (exact) mass is 559 g/mol. The smallest absolute Gasteiger partial charge is 0.309 e. The highest BCUT2D eigenvalue weighted by Crippen LogP contribution is 2.30. The molecule has 4 aromatic rings. The van der Waals surface area contributed by atoms with Gasteiger partial charge in [-0.05, 0) is 80.6 Å². The van der Waals surface area contributed by atoms with Gasteiger partial charge in [0.2, 0.25) is 5.91 Å². The molecule has 1 saturated heterocycles. The molecule has 8 heteroatoms. The molecule has 40 heavy (non-hydrogen) atoms. The summed E-state index contributed by atoms with van der Waals surface area (Å²) in [6.45, 7) is 5.91. The van der Waals surface area contributed by atoms with Crippen LogP contribution in [0.1, 0.15) is 38.8 Å². The van der Waals surface area contributed by atoms with Crippen LogP contribution in [0.25, 0.3) is 28.0 Å². The first kappa shape index (κ1) is 27.7. The van der Waals surface area contributed by atoms with E-state index in [0.717, 1.165) is 39.5 Å². The van der Waals surface area contributed by atoms with Gasteiger partial charge in [0.05, 0.1) is 30.5 Å². The van der Waals surface area contributed by atoms with Crippen molar-refractivity contribution < 1.29 is 19.1 Å². The number of likely N-dealkylation sites (tertiary alicyclic amines) is 1. The minimum Gasteiger partial charge on any atom is -0.494 e. The maximum Gasteiger partial charge on any atom is 0.309 e. The molecule has 208 valence electrons. The topological polar surface area (TPSA) is 73.1 Å². The first-order chi connectivity index (χ1) is 19.5. The van der Waals surface area contributed by atoms with Crippen molar-refractivity contribution in [1.82, 2.24) is 14.3 Å². The molecule has 0 spiro atoms. The Bertz CT molecular complexity index is 1490. The second-order valence-corrected chi connectivity index (χ2v) is 10.4. The van der Waals surface area contributed by atoms with Crippen LogP contribution in [0.4, 0.5) is 0 Å². The van der Waals surface area contributed by atoms with E-state index in [9.17, 15) is 9.59 Å². The van der Waals surface area contributed by atoms with Crippen LogP contribution in [0.3, 0.4) is 0 Å². The van der Waals surface area contributed by atoms with E-state index in [1.54, 1.807) is 0 Å². The summed E-state index contributed by atoms with van der Waals surface area (Å²) >= 11 is 6.16. The number of nitrogens with zero attached hydrogens (tertiary/aromatic N) is 3. The number of rotatable bonds is 9. The average Bonchev–Trinajstić information content (AvgIpc) is 3.34. The molecule has 0 aliphatic carbocycles. The van der Waals surface area contributed by atoms with Gasteiger partial charge in [-0.25, -0.2) is 4.98 Å². The van der Waals surface area contributed by atoms with Gasteiger partial charge in [-0.2, -0.15) is 0 Å². The van der Waals surface area contributed by atoms with E-state index in [4.69, 9.17) is 26.1 Å². The summed E-state index contributed by atoms with van der Waals surface area (Å²) in [5.41, 5.74) is 5.64. The van der Waals surface area contributed by atoms with Crippen LogP contribution in [0.2, 0.25) is 5.02 Å². The summed E-state index contributed by atoms with van der Waals surface area (Å²) in [6, 6.07) is 19.7. The highest BCUT2D eigenvalue weighted by Gasteiger charge is 2.28. The highest BCUT2D eigenvalue weighted by molar-refractivity contribution is 6.30. The zero-order chi connectivity index (χ0) is 28.1. The molecule has 1 aliphatic heterocycles. The molecule has 7 nitrogen and oxygen atoms in total.